The van der Waals surface area contributed by atoms with Gasteiger partial charge in [-0.2, -0.15) is 0 Å². The summed E-state index contributed by atoms with van der Waals surface area (Å²) in [6.07, 6.45) is 7.05. The Labute approximate surface area is 234 Å². The van der Waals surface area contributed by atoms with Crippen molar-refractivity contribution in [1.82, 2.24) is 24.7 Å². The molecule has 3 amide bonds. The van der Waals surface area contributed by atoms with E-state index in [1.54, 1.807) is 29.3 Å². The molecule has 3 atom stereocenters. The van der Waals surface area contributed by atoms with Gasteiger partial charge < -0.3 is 19.4 Å². The van der Waals surface area contributed by atoms with Gasteiger partial charge in [0.05, 0.1) is 24.7 Å². The van der Waals surface area contributed by atoms with Crippen LogP contribution >= 0.6 is 0 Å². The number of hydrogen-bond donors (Lipinski definition) is 0. The highest BCUT2D eigenvalue weighted by atomic mass is 16.5. The molecule has 1 aromatic carbocycles. The monoisotopic (exact) mass is 541 g/mol. The van der Waals surface area contributed by atoms with Crippen LogP contribution in [0.1, 0.15) is 61.5 Å². The number of benzene rings is 1. The molecule has 4 aliphatic rings. The summed E-state index contributed by atoms with van der Waals surface area (Å²) in [7, 11) is 1.65. The van der Waals surface area contributed by atoms with E-state index in [-0.39, 0.29) is 18.0 Å². The number of piperazine rings is 1. The average Bonchev–Trinajstić information content (AvgIpc) is 3.01. The van der Waals surface area contributed by atoms with Crippen LogP contribution in [-0.4, -0.2) is 74.7 Å². The van der Waals surface area contributed by atoms with Crippen molar-refractivity contribution < 1.29 is 19.1 Å². The molecule has 0 aliphatic carbocycles. The van der Waals surface area contributed by atoms with E-state index in [1.165, 1.54) is 0 Å². The largest absolute Gasteiger partial charge is 0.497 e. The van der Waals surface area contributed by atoms with Gasteiger partial charge in [0.2, 0.25) is 5.91 Å². The molecule has 9 nitrogen and oxygen atoms in total. The Balaban J connectivity index is 0.00000142. The molecule has 0 saturated carbocycles. The molecule has 9 heteroatoms. The first-order valence-electron chi connectivity index (χ1n) is 14.3. The van der Waals surface area contributed by atoms with E-state index in [0.29, 0.717) is 32.5 Å². The fourth-order valence-corrected chi connectivity index (χ4v) is 6.89. The summed E-state index contributed by atoms with van der Waals surface area (Å²) in [6.45, 7) is 5.37. The first-order chi connectivity index (χ1) is 19.5. The molecule has 4 aliphatic heterocycles. The molecule has 3 aromatic rings. The van der Waals surface area contributed by atoms with Gasteiger partial charge in [-0.3, -0.25) is 24.4 Å². The predicted molar refractivity (Wildman–Crippen MR) is 149 cm³/mol. The molecule has 208 valence electrons. The minimum atomic E-state index is -0.574. The van der Waals surface area contributed by atoms with Crippen molar-refractivity contribution in [3.8, 4) is 5.75 Å². The van der Waals surface area contributed by atoms with Gasteiger partial charge in [-0.05, 0) is 66.6 Å². The first-order valence-corrected chi connectivity index (χ1v) is 14.3. The van der Waals surface area contributed by atoms with E-state index >= 15 is 0 Å². The van der Waals surface area contributed by atoms with Crippen molar-refractivity contribution in [2.75, 3.05) is 20.2 Å². The molecule has 40 heavy (non-hydrogen) atoms. The van der Waals surface area contributed by atoms with Crippen molar-refractivity contribution >= 4 is 28.6 Å². The highest BCUT2D eigenvalue weighted by molar-refractivity contribution is 6.35. The Morgan fingerprint density at radius 1 is 1.00 bits per heavy atom. The molecule has 0 N–H and O–H groups in total. The van der Waals surface area contributed by atoms with Crippen LogP contribution in [0.4, 0.5) is 0 Å². The molecule has 2 saturated heterocycles. The van der Waals surface area contributed by atoms with Crippen LogP contribution in [0.25, 0.3) is 10.9 Å². The van der Waals surface area contributed by atoms with Crippen molar-refractivity contribution in [1.29, 1.82) is 0 Å². The summed E-state index contributed by atoms with van der Waals surface area (Å²) in [5.41, 5.74) is 4.97. The number of hydrogen-bond acceptors (Lipinski definition) is 6. The highest BCUT2D eigenvalue weighted by Crippen LogP contribution is 2.45. The van der Waals surface area contributed by atoms with Crippen molar-refractivity contribution in [3.05, 3.63) is 65.1 Å². The van der Waals surface area contributed by atoms with E-state index in [1.807, 2.05) is 49.1 Å². The van der Waals surface area contributed by atoms with Crippen molar-refractivity contribution in [2.45, 2.75) is 70.6 Å². The number of carbonyl (C=O) groups is 3. The normalized spacial score (nSPS) is 22.9. The number of piperidine rings is 1. The lowest BCUT2D eigenvalue weighted by atomic mass is 9.78. The summed E-state index contributed by atoms with van der Waals surface area (Å²) in [5, 5.41) is 0.913. The highest BCUT2D eigenvalue weighted by Gasteiger charge is 2.53. The maximum atomic E-state index is 13.9. The number of aromatic nitrogens is 2. The van der Waals surface area contributed by atoms with Crippen LogP contribution in [0.3, 0.4) is 0 Å². The van der Waals surface area contributed by atoms with Gasteiger partial charge in [0, 0.05) is 49.5 Å². The number of fused-ring (bicyclic) bond motifs is 8. The van der Waals surface area contributed by atoms with E-state index in [0.717, 1.165) is 58.3 Å². The quantitative estimate of drug-likeness (QED) is 0.438. The van der Waals surface area contributed by atoms with Crippen LogP contribution in [0.5, 0.6) is 5.75 Å². The Bertz CT molecular complexity index is 1490. The van der Waals surface area contributed by atoms with Crippen LogP contribution < -0.4 is 4.74 Å². The van der Waals surface area contributed by atoms with Gasteiger partial charge in [-0.15, -0.1) is 0 Å². The van der Waals surface area contributed by atoms with Gasteiger partial charge >= 0.3 is 11.8 Å². The van der Waals surface area contributed by atoms with Gasteiger partial charge in [-0.25, -0.2) is 0 Å². The third kappa shape index (κ3) is 4.19. The third-order valence-corrected chi connectivity index (χ3v) is 8.70. The predicted octanol–water partition coefficient (Wildman–Crippen LogP) is 3.44. The number of carbonyl (C=O) groups excluding carboxylic acids is 3. The average molecular weight is 542 g/mol. The first kappa shape index (κ1) is 26.2. The molecular formula is C31H35N5O4. The minimum absolute atomic E-state index is 0.0410. The number of amides is 3. The third-order valence-electron chi connectivity index (χ3n) is 8.70. The van der Waals surface area contributed by atoms with Gasteiger partial charge in [-0.1, -0.05) is 19.9 Å². The molecular weight excluding hydrogens is 506 g/mol. The van der Waals surface area contributed by atoms with E-state index in [9.17, 15) is 14.4 Å². The zero-order chi connectivity index (χ0) is 28.0. The van der Waals surface area contributed by atoms with Gasteiger partial charge in [0.15, 0.2) is 0 Å². The fourth-order valence-electron chi connectivity index (χ4n) is 6.89. The zero-order valence-electron chi connectivity index (χ0n) is 23.3. The number of nitrogens with zero attached hydrogens (tertiary/aromatic N) is 5. The number of pyridine rings is 2. The summed E-state index contributed by atoms with van der Waals surface area (Å²) >= 11 is 0. The smallest absolute Gasteiger partial charge is 0.313 e. The second kappa shape index (κ2) is 10.5. The van der Waals surface area contributed by atoms with Crippen LogP contribution in [0.15, 0.2) is 42.7 Å². The Morgan fingerprint density at radius 3 is 2.67 bits per heavy atom. The summed E-state index contributed by atoms with van der Waals surface area (Å²) in [4.78, 5) is 55.3. The molecule has 0 radical (unpaired) electrons. The topological polar surface area (TPSA) is 95.9 Å². The Kier molecular flexibility index (Phi) is 6.90. The molecule has 3 unspecified atom stereocenters. The maximum absolute atomic E-state index is 13.9. The number of methoxy groups -OCH3 is 1. The van der Waals surface area contributed by atoms with Crippen molar-refractivity contribution in [3.63, 3.8) is 0 Å². The number of rotatable bonds is 1. The fraction of sp³-hybridized carbons (Fsp3) is 0.452. The lowest BCUT2D eigenvalue weighted by Crippen LogP contribution is -2.68. The Hall–Kier alpha value is -4.01. The zero-order valence-corrected chi connectivity index (χ0v) is 23.3. The second-order valence-electron chi connectivity index (χ2n) is 10.7. The minimum Gasteiger partial charge on any atom is -0.497 e. The summed E-state index contributed by atoms with van der Waals surface area (Å²) in [6, 6.07) is 8.82. The molecule has 0 spiro atoms. The van der Waals surface area contributed by atoms with Crippen LogP contribution in [0, 0.1) is 0 Å². The summed E-state index contributed by atoms with van der Waals surface area (Å²) in [5.74, 6) is -0.355. The number of ether oxygens (including phenoxy) is 1. The standard InChI is InChI=1S/C29H29N5O4.C2H6/c1-38-20-5-6-21-17(14-20)8-12-33-26(21)24-3-2-4-25(27(33)35)34(24)29(37)28(36)32-11-9-23-19(16-32)13-18-15-30-10-7-22(18)31-23;1-2/h5-7,10,13-15,24-26H,2-4,8-9,11-12,16H2,1H3;1-2H3. The Morgan fingerprint density at radius 2 is 1.85 bits per heavy atom. The van der Waals surface area contributed by atoms with E-state index < -0.39 is 17.9 Å². The SMILES string of the molecule is CC.COc1ccc2c(c1)CCN1C(=O)C3CCCC(C21)N3C(=O)C(=O)N1CCc2nc3ccncc3cc2C1. The molecule has 2 fully saturated rings. The van der Waals surface area contributed by atoms with Crippen LogP contribution in [-0.2, 0) is 33.8 Å². The van der Waals surface area contributed by atoms with Gasteiger partial charge in [0.25, 0.3) is 0 Å². The van der Waals surface area contributed by atoms with Gasteiger partial charge in [0.1, 0.15) is 11.8 Å². The molecule has 7 rings (SSSR count). The van der Waals surface area contributed by atoms with Crippen LogP contribution in [0.2, 0.25) is 0 Å². The molecule has 6 heterocycles. The summed E-state index contributed by atoms with van der Waals surface area (Å²) < 4.78 is 5.42. The van der Waals surface area contributed by atoms with Crippen molar-refractivity contribution in [2.24, 2.45) is 0 Å². The lowest BCUT2D eigenvalue weighted by Gasteiger charge is -2.55. The second-order valence-corrected chi connectivity index (χ2v) is 10.7. The van der Waals surface area contributed by atoms with E-state index in [4.69, 9.17) is 9.72 Å². The maximum Gasteiger partial charge on any atom is 0.313 e. The molecule has 2 bridgehead atoms. The van der Waals surface area contributed by atoms with E-state index in [2.05, 4.69) is 4.98 Å². The molecule has 2 aromatic heterocycles. The lowest BCUT2D eigenvalue weighted by molar-refractivity contribution is -0.171.